The molecule has 0 fully saturated rings. The smallest absolute Gasteiger partial charge is 0.229 e. The first kappa shape index (κ1) is 8.11. The number of halogens is 1. The van der Waals surface area contributed by atoms with Crippen molar-refractivity contribution in [1.29, 1.82) is 0 Å². The van der Waals surface area contributed by atoms with Gasteiger partial charge in [-0.05, 0) is 18.4 Å². The number of hydrogen-bond donors (Lipinski definition) is 0. The van der Waals surface area contributed by atoms with Gasteiger partial charge in [-0.2, -0.15) is 0 Å². The molecule has 0 aliphatic heterocycles. The van der Waals surface area contributed by atoms with Crippen LogP contribution >= 0.6 is 34.7 Å². The minimum Gasteiger partial charge on any atom is -0.281 e. The van der Waals surface area contributed by atoms with E-state index in [4.69, 9.17) is 11.6 Å². The van der Waals surface area contributed by atoms with E-state index in [1.165, 1.54) is 23.1 Å². The molecule has 0 spiro atoms. The molecule has 0 bridgehead atoms. The van der Waals surface area contributed by atoms with Crippen molar-refractivity contribution in [2.45, 2.75) is 0 Å². The molecule has 4 heteroatoms. The van der Waals surface area contributed by atoms with E-state index in [0.717, 1.165) is 4.88 Å². The monoisotopic (exact) mass is 192 g/mol. The Morgan fingerprint density at radius 3 is 2.80 bits per heavy atom. The Kier molecular flexibility index (Phi) is 2.77. The third-order valence-corrected chi connectivity index (χ3v) is 2.91. The number of rotatable bonds is 1. The average Bonchev–Trinajstić information content (AvgIpc) is 2.34. The van der Waals surface area contributed by atoms with Crippen molar-refractivity contribution in [2.75, 3.05) is 6.26 Å². The zero-order valence-corrected chi connectivity index (χ0v) is 7.65. The largest absolute Gasteiger partial charge is 0.281 e. The third-order valence-electron chi connectivity index (χ3n) is 0.960. The first-order valence-electron chi connectivity index (χ1n) is 2.57. The molecule has 1 rings (SSSR count). The van der Waals surface area contributed by atoms with Crippen LogP contribution in [0.1, 0.15) is 9.67 Å². The van der Waals surface area contributed by atoms with E-state index in [9.17, 15) is 4.79 Å². The number of carbonyl (C=O) groups is 1. The maximum Gasteiger partial charge on any atom is 0.229 e. The summed E-state index contributed by atoms with van der Waals surface area (Å²) in [6, 6.07) is 3.47. The summed E-state index contributed by atoms with van der Waals surface area (Å²) in [5, 5.41) is 0.0805. The van der Waals surface area contributed by atoms with E-state index in [1.807, 2.05) is 0 Å². The Bertz CT molecular complexity index is 244. The molecular weight excluding hydrogens is 188 g/mol. The fraction of sp³-hybridized carbons (Fsp3) is 0.167. The predicted molar refractivity (Wildman–Crippen MR) is 47.2 cm³/mol. The molecule has 0 unspecified atom stereocenters. The van der Waals surface area contributed by atoms with Gasteiger partial charge in [0, 0.05) is 0 Å². The summed E-state index contributed by atoms with van der Waals surface area (Å²) in [6.45, 7) is 0. The van der Waals surface area contributed by atoms with Gasteiger partial charge in [-0.1, -0.05) is 23.4 Å². The van der Waals surface area contributed by atoms with Gasteiger partial charge in [0.05, 0.1) is 9.21 Å². The Hall–Kier alpha value is 0.01000. The van der Waals surface area contributed by atoms with Crippen molar-refractivity contribution in [3.63, 3.8) is 0 Å². The van der Waals surface area contributed by atoms with Crippen molar-refractivity contribution in [1.82, 2.24) is 0 Å². The highest BCUT2D eigenvalue weighted by Gasteiger charge is 2.05. The number of carbonyl (C=O) groups excluding carboxylic acids is 1. The highest BCUT2D eigenvalue weighted by molar-refractivity contribution is 8.13. The lowest BCUT2D eigenvalue weighted by Gasteiger charge is -1.86. The van der Waals surface area contributed by atoms with Crippen LogP contribution in [0.2, 0.25) is 4.34 Å². The van der Waals surface area contributed by atoms with Gasteiger partial charge in [-0.25, -0.2) is 0 Å². The molecule has 10 heavy (non-hydrogen) atoms. The van der Waals surface area contributed by atoms with Crippen LogP contribution in [0.25, 0.3) is 0 Å². The van der Waals surface area contributed by atoms with Crippen molar-refractivity contribution in [2.24, 2.45) is 0 Å². The van der Waals surface area contributed by atoms with Crippen molar-refractivity contribution in [3.8, 4) is 0 Å². The summed E-state index contributed by atoms with van der Waals surface area (Å²) >= 11 is 8.14. The lowest BCUT2D eigenvalue weighted by atomic mass is 10.5. The molecule has 1 nitrogen and oxygen atoms in total. The van der Waals surface area contributed by atoms with Crippen LogP contribution in [-0.2, 0) is 0 Å². The zero-order valence-electron chi connectivity index (χ0n) is 5.26. The van der Waals surface area contributed by atoms with Gasteiger partial charge >= 0.3 is 0 Å². The SMILES string of the molecule is CSC(=O)c1ccc(Cl)s1. The van der Waals surface area contributed by atoms with Gasteiger partial charge in [0.1, 0.15) is 0 Å². The van der Waals surface area contributed by atoms with Gasteiger partial charge in [0.25, 0.3) is 0 Å². The van der Waals surface area contributed by atoms with Gasteiger partial charge in [-0.15, -0.1) is 11.3 Å². The van der Waals surface area contributed by atoms with Crippen molar-refractivity contribution in [3.05, 3.63) is 21.3 Å². The fourth-order valence-electron chi connectivity index (χ4n) is 0.525. The summed E-state index contributed by atoms with van der Waals surface area (Å²) in [5.74, 6) is 0. The highest BCUT2D eigenvalue weighted by atomic mass is 35.5. The van der Waals surface area contributed by atoms with Crippen LogP contribution < -0.4 is 0 Å². The van der Waals surface area contributed by atoms with Crippen molar-refractivity contribution >= 4 is 39.8 Å². The predicted octanol–water partition coefficient (Wildman–Crippen LogP) is 2.90. The molecule has 1 heterocycles. The van der Waals surface area contributed by atoms with Gasteiger partial charge in [-0.3, -0.25) is 4.79 Å². The molecule has 1 aromatic heterocycles. The zero-order chi connectivity index (χ0) is 7.56. The first-order valence-corrected chi connectivity index (χ1v) is 4.99. The van der Waals surface area contributed by atoms with E-state index in [-0.39, 0.29) is 5.12 Å². The van der Waals surface area contributed by atoms with E-state index in [2.05, 4.69) is 0 Å². The van der Waals surface area contributed by atoms with Crippen LogP contribution in [0.5, 0.6) is 0 Å². The second-order valence-corrected chi connectivity index (χ2v) is 4.09. The summed E-state index contributed by atoms with van der Waals surface area (Å²) < 4.78 is 0.664. The molecule has 0 saturated carbocycles. The van der Waals surface area contributed by atoms with Crippen LogP contribution in [0, 0.1) is 0 Å². The number of thioether (sulfide) groups is 1. The molecule has 0 aromatic carbocycles. The van der Waals surface area contributed by atoms with Gasteiger partial charge < -0.3 is 0 Å². The lowest BCUT2D eigenvalue weighted by molar-refractivity contribution is 0.109. The normalized spacial score (nSPS) is 9.80. The average molecular weight is 193 g/mol. The first-order chi connectivity index (χ1) is 4.74. The third kappa shape index (κ3) is 1.75. The molecule has 0 atom stereocenters. The van der Waals surface area contributed by atoms with Crippen molar-refractivity contribution < 1.29 is 4.79 Å². The Balaban J connectivity index is 2.85. The molecule has 1 aromatic rings. The number of hydrogen-bond acceptors (Lipinski definition) is 3. The fourth-order valence-corrected chi connectivity index (χ4v) is 2.05. The molecule has 0 amide bonds. The Labute approximate surface area is 72.4 Å². The van der Waals surface area contributed by atoms with Gasteiger partial charge in [0.15, 0.2) is 0 Å². The topological polar surface area (TPSA) is 17.1 Å². The molecule has 0 saturated heterocycles. The molecule has 0 aliphatic rings. The second-order valence-electron chi connectivity index (χ2n) is 1.60. The Morgan fingerprint density at radius 1 is 1.70 bits per heavy atom. The van der Waals surface area contributed by atoms with E-state index >= 15 is 0 Å². The van der Waals surface area contributed by atoms with Crippen LogP contribution in [0.15, 0.2) is 12.1 Å². The summed E-state index contributed by atoms with van der Waals surface area (Å²) in [7, 11) is 0. The molecule has 54 valence electrons. The maximum atomic E-state index is 10.9. The van der Waals surface area contributed by atoms with Gasteiger partial charge in [0.2, 0.25) is 5.12 Å². The lowest BCUT2D eigenvalue weighted by Crippen LogP contribution is -1.84. The standard InChI is InChI=1S/C6H5ClOS2/c1-9-6(8)4-2-3-5(7)10-4/h2-3H,1H3. The Morgan fingerprint density at radius 2 is 2.40 bits per heavy atom. The molecule has 0 aliphatic carbocycles. The summed E-state index contributed by atoms with van der Waals surface area (Å²) in [5.41, 5.74) is 0. The summed E-state index contributed by atoms with van der Waals surface area (Å²) in [4.78, 5) is 11.7. The molecule has 0 N–H and O–H groups in total. The summed E-state index contributed by atoms with van der Waals surface area (Å²) in [6.07, 6.45) is 1.76. The van der Waals surface area contributed by atoms with E-state index < -0.39 is 0 Å². The minimum atomic E-state index is 0.0805. The minimum absolute atomic E-state index is 0.0805. The molecule has 0 radical (unpaired) electrons. The second kappa shape index (κ2) is 3.42. The van der Waals surface area contributed by atoms with E-state index in [1.54, 1.807) is 18.4 Å². The van der Waals surface area contributed by atoms with E-state index in [0.29, 0.717) is 4.34 Å². The van der Waals surface area contributed by atoms with Crippen LogP contribution in [0.3, 0.4) is 0 Å². The highest BCUT2D eigenvalue weighted by Crippen LogP contribution is 2.24. The van der Waals surface area contributed by atoms with Crippen LogP contribution in [-0.4, -0.2) is 11.4 Å². The quantitative estimate of drug-likeness (QED) is 0.681. The molecular formula is C6H5ClOS2. The van der Waals surface area contributed by atoms with Crippen LogP contribution in [0.4, 0.5) is 0 Å². The maximum absolute atomic E-state index is 10.9. The number of thiophene rings is 1.